The molecule has 1 unspecified atom stereocenters. The zero-order chi connectivity index (χ0) is 8.20. The van der Waals surface area contributed by atoms with Crippen LogP contribution in [-0.4, -0.2) is 33.8 Å². The number of nitrogens with one attached hydrogen (secondary N) is 1. The molecule has 0 spiro atoms. The lowest BCUT2D eigenvalue weighted by Gasteiger charge is -2.07. The van der Waals surface area contributed by atoms with Gasteiger partial charge in [0.15, 0.2) is 0 Å². The molecule has 0 aliphatic rings. The molecule has 0 bridgehead atoms. The predicted molar refractivity (Wildman–Crippen MR) is 36.6 cm³/mol. The van der Waals surface area contributed by atoms with Crippen molar-refractivity contribution in [2.24, 2.45) is 0 Å². The first-order chi connectivity index (χ1) is 4.42. The smallest absolute Gasteiger partial charge is 0.326 e. The first kappa shape index (κ1) is 10.1. The maximum atomic E-state index is 10.2. The lowest BCUT2D eigenvalue weighted by molar-refractivity contribution is 0.159. The molecule has 5 nitrogen and oxygen atoms in total. The third kappa shape index (κ3) is 8.07. The average Bonchev–Trinajstić information content (AvgIpc) is 1.59. The molecule has 6 heteroatoms. The van der Waals surface area contributed by atoms with Gasteiger partial charge in [0.1, 0.15) is 6.23 Å². The molecule has 0 aromatic carbocycles. The molecule has 0 aliphatic carbocycles. The molecule has 0 saturated heterocycles. The highest BCUT2D eigenvalue weighted by molar-refractivity contribution is 7.51. The van der Waals surface area contributed by atoms with Gasteiger partial charge in [-0.05, 0) is 6.92 Å². The van der Waals surface area contributed by atoms with Crippen molar-refractivity contribution in [2.75, 3.05) is 12.7 Å². The summed E-state index contributed by atoms with van der Waals surface area (Å²) >= 11 is 0. The van der Waals surface area contributed by atoms with Crippen LogP contribution in [0.5, 0.6) is 0 Å². The van der Waals surface area contributed by atoms with E-state index in [1.165, 1.54) is 6.92 Å². The maximum Gasteiger partial charge on any atom is 0.326 e. The van der Waals surface area contributed by atoms with Gasteiger partial charge in [-0.2, -0.15) is 0 Å². The fourth-order valence-electron chi connectivity index (χ4n) is 0.419. The van der Waals surface area contributed by atoms with Crippen LogP contribution >= 0.6 is 7.60 Å². The summed E-state index contributed by atoms with van der Waals surface area (Å²) in [5, 5.41) is 11.1. The van der Waals surface area contributed by atoms with Crippen LogP contribution in [0.1, 0.15) is 6.92 Å². The van der Waals surface area contributed by atoms with E-state index in [0.717, 1.165) is 0 Å². The van der Waals surface area contributed by atoms with Gasteiger partial charge < -0.3 is 14.9 Å². The Bertz CT molecular complexity index is 131. The minimum Gasteiger partial charge on any atom is -0.379 e. The molecule has 0 aliphatic heterocycles. The summed E-state index contributed by atoms with van der Waals surface area (Å²) in [4.78, 5) is 16.6. The molecule has 0 fully saturated rings. The molecule has 10 heavy (non-hydrogen) atoms. The van der Waals surface area contributed by atoms with Crippen molar-refractivity contribution in [2.45, 2.75) is 13.2 Å². The quantitative estimate of drug-likeness (QED) is 0.323. The molecule has 4 N–H and O–H groups in total. The van der Waals surface area contributed by atoms with Gasteiger partial charge >= 0.3 is 7.60 Å². The van der Waals surface area contributed by atoms with Crippen molar-refractivity contribution in [3.05, 3.63) is 0 Å². The van der Waals surface area contributed by atoms with E-state index in [4.69, 9.17) is 14.9 Å². The summed E-state index contributed by atoms with van der Waals surface area (Å²) in [6.45, 7) is 1.61. The Labute approximate surface area is 59.2 Å². The van der Waals surface area contributed by atoms with Crippen LogP contribution in [0.3, 0.4) is 0 Å². The Morgan fingerprint density at radius 2 is 2.10 bits per heavy atom. The van der Waals surface area contributed by atoms with Crippen LogP contribution < -0.4 is 5.32 Å². The first-order valence-electron chi connectivity index (χ1n) is 2.88. The summed E-state index contributed by atoms with van der Waals surface area (Å²) < 4.78 is 10.2. The summed E-state index contributed by atoms with van der Waals surface area (Å²) in [6, 6.07) is 0. The summed E-state index contributed by atoms with van der Waals surface area (Å²) in [7, 11) is -3.90. The molecule has 0 radical (unpaired) electrons. The van der Waals surface area contributed by atoms with Crippen LogP contribution in [0.15, 0.2) is 0 Å². The first-order valence-corrected chi connectivity index (χ1v) is 4.67. The Balaban J connectivity index is 3.30. The Kier molecular flexibility index (Phi) is 4.08. The van der Waals surface area contributed by atoms with Gasteiger partial charge in [0.2, 0.25) is 0 Å². The van der Waals surface area contributed by atoms with E-state index in [1.54, 1.807) is 0 Å². The number of hydrogen-bond donors (Lipinski definition) is 4. The molecule has 62 valence electrons. The van der Waals surface area contributed by atoms with Gasteiger partial charge in [-0.1, -0.05) is 0 Å². The lowest BCUT2D eigenvalue weighted by Crippen LogP contribution is -2.28. The summed E-state index contributed by atoms with van der Waals surface area (Å²) in [6.07, 6.45) is -0.954. The third-order valence-corrected chi connectivity index (χ3v) is 1.65. The monoisotopic (exact) mass is 169 g/mol. The summed E-state index contributed by atoms with van der Waals surface area (Å²) in [5.74, 6) is 0. The van der Waals surface area contributed by atoms with Crippen LogP contribution in [0, 0.1) is 0 Å². The van der Waals surface area contributed by atoms with Crippen molar-refractivity contribution >= 4 is 7.60 Å². The van der Waals surface area contributed by atoms with Gasteiger partial charge in [0, 0.05) is 6.54 Å². The van der Waals surface area contributed by atoms with E-state index in [2.05, 4.69) is 5.32 Å². The van der Waals surface area contributed by atoms with Gasteiger partial charge in [-0.15, -0.1) is 0 Å². The van der Waals surface area contributed by atoms with Crippen molar-refractivity contribution in [3.8, 4) is 0 Å². The molecular formula is C4H12NO4P. The number of aliphatic hydroxyl groups excluding tert-OH is 1. The van der Waals surface area contributed by atoms with E-state index in [0.29, 0.717) is 0 Å². The minimum atomic E-state index is -3.90. The second kappa shape index (κ2) is 4.05. The van der Waals surface area contributed by atoms with Crippen LogP contribution in [-0.2, 0) is 4.57 Å². The van der Waals surface area contributed by atoms with Gasteiger partial charge in [0.25, 0.3) is 0 Å². The predicted octanol–water partition coefficient (Wildman–Crippen LogP) is -0.908. The highest BCUT2D eigenvalue weighted by Crippen LogP contribution is 2.32. The molecule has 0 saturated carbocycles. The fourth-order valence-corrected chi connectivity index (χ4v) is 0.839. The minimum absolute atomic E-state index is 0.127. The topological polar surface area (TPSA) is 89.8 Å². The van der Waals surface area contributed by atoms with E-state index in [1.807, 2.05) is 0 Å². The standard InChI is InChI=1S/C4H12NO4P/c1-4(6)5-2-3-10(7,8)9/h4-6H,2-3H2,1H3,(H2,7,8,9). The molecule has 0 aromatic rings. The zero-order valence-corrected chi connectivity index (χ0v) is 6.58. The highest BCUT2D eigenvalue weighted by Gasteiger charge is 2.11. The van der Waals surface area contributed by atoms with Crippen molar-refractivity contribution < 1.29 is 19.5 Å². The zero-order valence-electron chi connectivity index (χ0n) is 5.69. The molecule has 0 rings (SSSR count). The number of aliphatic hydroxyl groups is 1. The van der Waals surface area contributed by atoms with Crippen molar-refractivity contribution in [1.82, 2.24) is 5.32 Å². The SMILES string of the molecule is CC(O)NCCP(=O)(O)O. The van der Waals surface area contributed by atoms with Gasteiger partial charge in [0.05, 0.1) is 6.16 Å². The lowest BCUT2D eigenvalue weighted by atomic mass is 10.6. The van der Waals surface area contributed by atoms with E-state index in [9.17, 15) is 4.57 Å². The maximum absolute atomic E-state index is 10.2. The Morgan fingerprint density at radius 3 is 2.40 bits per heavy atom. The largest absolute Gasteiger partial charge is 0.379 e. The van der Waals surface area contributed by atoms with E-state index >= 15 is 0 Å². The molecule has 0 heterocycles. The van der Waals surface area contributed by atoms with Crippen LogP contribution in [0.25, 0.3) is 0 Å². The molecule has 0 aromatic heterocycles. The Hall–Kier alpha value is 0.0700. The third-order valence-electron chi connectivity index (χ3n) is 0.843. The highest BCUT2D eigenvalue weighted by atomic mass is 31.2. The number of hydrogen-bond acceptors (Lipinski definition) is 3. The molecule has 0 amide bonds. The molecule has 1 atom stereocenters. The second-order valence-electron chi connectivity index (χ2n) is 2.02. The van der Waals surface area contributed by atoms with E-state index < -0.39 is 13.8 Å². The van der Waals surface area contributed by atoms with Gasteiger partial charge in [-0.3, -0.25) is 9.88 Å². The van der Waals surface area contributed by atoms with Crippen LogP contribution in [0.2, 0.25) is 0 Å². The Morgan fingerprint density at radius 1 is 1.60 bits per heavy atom. The molecular weight excluding hydrogens is 157 g/mol. The van der Waals surface area contributed by atoms with Crippen LogP contribution in [0.4, 0.5) is 0 Å². The number of rotatable bonds is 4. The van der Waals surface area contributed by atoms with E-state index in [-0.39, 0.29) is 12.7 Å². The summed E-state index contributed by atoms with van der Waals surface area (Å²) in [5.41, 5.74) is 0. The second-order valence-corrected chi connectivity index (χ2v) is 3.79. The average molecular weight is 169 g/mol. The normalized spacial score (nSPS) is 15.2. The van der Waals surface area contributed by atoms with Gasteiger partial charge in [-0.25, -0.2) is 0 Å². The van der Waals surface area contributed by atoms with Crippen molar-refractivity contribution in [3.63, 3.8) is 0 Å². The van der Waals surface area contributed by atoms with Crippen molar-refractivity contribution in [1.29, 1.82) is 0 Å². The fraction of sp³-hybridized carbons (Fsp3) is 1.00.